The van der Waals surface area contributed by atoms with Crippen LogP contribution in [0.15, 0.2) is 36.4 Å². The average molecular weight is 437 g/mol. The molecule has 0 aliphatic carbocycles. The second-order valence-electron chi connectivity index (χ2n) is 7.21. The van der Waals surface area contributed by atoms with Crippen LogP contribution in [-0.4, -0.2) is 42.4 Å². The third-order valence-electron chi connectivity index (χ3n) is 4.70. The highest BCUT2D eigenvalue weighted by molar-refractivity contribution is 7.85. The summed E-state index contributed by atoms with van der Waals surface area (Å²) >= 11 is 0. The van der Waals surface area contributed by atoms with Crippen molar-refractivity contribution in [1.29, 1.82) is 0 Å². The maximum Gasteiger partial charge on any atom is 0.181 e. The van der Waals surface area contributed by atoms with Gasteiger partial charge >= 0.3 is 0 Å². The van der Waals surface area contributed by atoms with E-state index in [4.69, 9.17) is 0 Å². The zero-order valence-electron chi connectivity index (χ0n) is 18.0. The molecule has 0 saturated heterocycles. The zero-order valence-corrected chi connectivity index (χ0v) is 18.8. The number of nitrogens with one attached hydrogen (secondary N) is 3. The number of anilines is 5. The number of fused-ring (bicyclic) bond motifs is 1. The molecule has 1 unspecified atom stereocenters. The second-order valence-corrected chi connectivity index (χ2v) is 8.60. The number of H-pyrrole nitrogens is 1. The molecule has 0 bridgehead atoms. The number of rotatable bonds is 6. The minimum atomic E-state index is -1.15. The van der Waals surface area contributed by atoms with Crippen molar-refractivity contribution in [3.8, 4) is 0 Å². The van der Waals surface area contributed by atoms with Crippen LogP contribution in [0.25, 0.3) is 11.2 Å². The minimum Gasteiger partial charge on any atom is -0.352 e. The minimum absolute atomic E-state index is 0.581. The molecule has 1 atom stereocenters. The fraction of sp³-hybridized carbons (Fsp3) is 0.238. The Kier molecular flexibility index (Phi) is 5.55. The summed E-state index contributed by atoms with van der Waals surface area (Å²) in [5.41, 5.74) is 4.67. The van der Waals surface area contributed by atoms with Crippen molar-refractivity contribution < 1.29 is 4.21 Å². The molecule has 0 fully saturated rings. The molecule has 3 N–H and O–H groups in total. The van der Waals surface area contributed by atoms with Crippen LogP contribution in [0.4, 0.5) is 28.7 Å². The van der Waals surface area contributed by atoms with E-state index in [0.717, 1.165) is 34.1 Å². The number of para-hydroxylation sites is 2. The van der Waals surface area contributed by atoms with E-state index >= 15 is 0 Å². The first-order chi connectivity index (χ1) is 14.8. The molecule has 3 heterocycles. The summed E-state index contributed by atoms with van der Waals surface area (Å²) in [5, 5.41) is 6.71. The van der Waals surface area contributed by atoms with Gasteiger partial charge in [-0.1, -0.05) is 12.1 Å². The number of aromatic amines is 1. The lowest BCUT2D eigenvalue weighted by atomic mass is 10.2. The molecular weight excluding hydrogens is 412 g/mol. The molecule has 0 spiro atoms. The van der Waals surface area contributed by atoms with Crippen molar-refractivity contribution in [3.63, 3.8) is 0 Å². The van der Waals surface area contributed by atoms with E-state index < -0.39 is 11.0 Å². The topological polar surface area (TPSA) is 112 Å². The first kappa shape index (κ1) is 20.7. The maximum absolute atomic E-state index is 12.0. The predicted molar refractivity (Wildman–Crippen MR) is 126 cm³/mol. The molecule has 31 heavy (non-hydrogen) atoms. The normalized spacial score (nSPS) is 12.0. The molecule has 0 saturated carbocycles. The highest BCUT2D eigenvalue weighted by Crippen LogP contribution is 2.33. The first-order valence-electron chi connectivity index (χ1n) is 9.70. The van der Waals surface area contributed by atoms with Crippen LogP contribution >= 0.6 is 0 Å². The summed E-state index contributed by atoms with van der Waals surface area (Å²) in [5.74, 6) is 2.71. The summed E-state index contributed by atoms with van der Waals surface area (Å²) in [4.78, 5) is 21.1. The Morgan fingerprint density at radius 2 is 1.68 bits per heavy atom. The van der Waals surface area contributed by atoms with Crippen LogP contribution < -0.4 is 14.9 Å². The fourth-order valence-corrected chi connectivity index (χ4v) is 3.75. The number of aryl methyl sites for hydroxylation is 3. The molecule has 10 heteroatoms. The van der Waals surface area contributed by atoms with Gasteiger partial charge in [-0.15, -0.1) is 0 Å². The molecule has 0 amide bonds. The van der Waals surface area contributed by atoms with Crippen LogP contribution in [0.1, 0.15) is 17.3 Å². The average Bonchev–Trinajstić information content (AvgIpc) is 3.07. The second kappa shape index (κ2) is 8.31. The summed E-state index contributed by atoms with van der Waals surface area (Å²) in [6, 6.07) is 11.5. The molecule has 1 aromatic carbocycles. The molecule has 4 rings (SSSR count). The van der Waals surface area contributed by atoms with Gasteiger partial charge in [0.15, 0.2) is 5.65 Å². The van der Waals surface area contributed by atoms with E-state index in [1.165, 1.54) is 0 Å². The Labute approximate surface area is 183 Å². The summed E-state index contributed by atoms with van der Waals surface area (Å²) in [7, 11) is 0.644. The van der Waals surface area contributed by atoms with Gasteiger partial charge in [-0.05, 0) is 32.9 Å². The Morgan fingerprint density at radius 3 is 2.42 bits per heavy atom. The fourth-order valence-electron chi connectivity index (χ4n) is 3.32. The zero-order chi connectivity index (χ0) is 22.1. The van der Waals surface area contributed by atoms with E-state index in [1.807, 2.05) is 57.2 Å². The van der Waals surface area contributed by atoms with Gasteiger partial charge in [0.1, 0.15) is 39.8 Å². The van der Waals surface area contributed by atoms with Gasteiger partial charge in [-0.2, -0.15) is 0 Å². The van der Waals surface area contributed by atoms with Gasteiger partial charge in [0, 0.05) is 31.1 Å². The predicted octanol–water partition coefficient (Wildman–Crippen LogP) is 3.89. The Bertz CT molecular complexity index is 1270. The standard InChI is InChI=1S/C21H24N8OS/c1-12-10-18(23-13(2)22-12)27-19-11-16(20-21(28-19)25-14(3)24-20)26-15-8-6-7-9-17(15)29(4)31(5)30/h6-11H,1-5H3,(H3,22,23,24,25,26,27,28). The number of benzene rings is 1. The van der Waals surface area contributed by atoms with Gasteiger partial charge in [0.25, 0.3) is 0 Å². The number of nitrogens with zero attached hydrogens (tertiary/aromatic N) is 5. The monoisotopic (exact) mass is 436 g/mol. The van der Waals surface area contributed by atoms with Crippen molar-refractivity contribution in [1.82, 2.24) is 24.9 Å². The molecule has 4 aromatic rings. The number of hydrogen-bond donors (Lipinski definition) is 3. The van der Waals surface area contributed by atoms with E-state index in [1.54, 1.807) is 17.6 Å². The summed E-state index contributed by atoms with van der Waals surface area (Å²) in [6.45, 7) is 5.66. The van der Waals surface area contributed by atoms with Crippen molar-refractivity contribution in [2.24, 2.45) is 0 Å². The largest absolute Gasteiger partial charge is 0.352 e. The first-order valence-corrected chi connectivity index (χ1v) is 11.2. The van der Waals surface area contributed by atoms with Gasteiger partial charge in [0.05, 0.1) is 17.1 Å². The van der Waals surface area contributed by atoms with Crippen LogP contribution in [0.3, 0.4) is 0 Å². The molecule has 0 radical (unpaired) electrons. The van der Waals surface area contributed by atoms with Crippen LogP contribution in [-0.2, 0) is 11.0 Å². The van der Waals surface area contributed by atoms with Crippen LogP contribution in [0.2, 0.25) is 0 Å². The van der Waals surface area contributed by atoms with Gasteiger partial charge < -0.3 is 15.6 Å². The van der Waals surface area contributed by atoms with Crippen molar-refractivity contribution in [2.75, 3.05) is 28.2 Å². The van der Waals surface area contributed by atoms with E-state index in [0.29, 0.717) is 23.1 Å². The van der Waals surface area contributed by atoms with Gasteiger partial charge in [-0.25, -0.2) is 24.1 Å². The van der Waals surface area contributed by atoms with Gasteiger partial charge in [0.2, 0.25) is 0 Å². The van der Waals surface area contributed by atoms with E-state index in [9.17, 15) is 4.21 Å². The lowest BCUT2D eigenvalue weighted by Crippen LogP contribution is -2.19. The quantitative estimate of drug-likeness (QED) is 0.420. The molecular formula is C21H24N8OS. The van der Waals surface area contributed by atoms with Crippen molar-refractivity contribution in [2.45, 2.75) is 20.8 Å². The van der Waals surface area contributed by atoms with E-state index in [-0.39, 0.29) is 0 Å². The number of aromatic nitrogens is 5. The van der Waals surface area contributed by atoms with Crippen LogP contribution in [0.5, 0.6) is 0 Å². The summed E-state index contributed by atoms with van der Waals surface area (Å²) in [6.07, 6.45) is 1.65. The van der Waals surface area contributed by atoms with Crippen LogP contribution in [0, 0.1) is 20.8 Å². The van der Waals surface area contributed by atoms with Crippen molar-refractivity contribution >= 4 is 50.8 Å². The van der Waals surface area contributed by atoms with Gasteiger partial charge in [-0.3, -0.25) is 4.31 Å². The maximum atomic E-state index is 12.0. The molecule has 160 valence electrons. The van der Waals surface area contributed by atoms with Crippen molar-refractivity contribution in [3.05, 3.63) is 53.7 Å². The Hall–Kier alpha value is -3.53. The molecule has 9 nitrogen and oxygen atoms in total. The lowest BCUT2D eigenvalue weighted by Gasteiger charge is -2.20. The molecule has 0 aliphatic heterocycles. The van der Waals surface area contributed by atoms with E-state index in [2.05, 4.69) is 35.6 Å². The SMILES string of the molecule is Cc1cc(Nc2cc(Nc3ccccc3N(C)S(C)=O)c3[nH]c(C)nc3n2)nc(C)n1. The molecule has 0 aliphatic rings. The number of imidazole rings is 1. The third kappa shape index (κ3) is 4.48. The summed E-state index contributed by atoms with van der Waals surface area (Å²) < 4.78 is 13.8. The lowest BCUT2D eigenvalue weighted by molar-refractivity contribution is 0.685. The molecule has 3 aromatic heterocycles. The third-order valence-corrected chi connectivity index (χ3v) is 5.67. The Balaban J connectivity index is 1.77. The smallest absolute Gasteiger partial charge is 0.181 e. The number of hydrogen-bond acceptors (Lipinski definition) is 7. The highest BCUT2D eigenvalue weighted by atomic mass is 32.2. The Morgan fingerprint density at radius 1 is 0.935 bits per heavy atom. The highest BCUT2D eigenvalue weighted by Gasteiger charge is 2.15. The number of pyridine rings is 1.